The predicted octanol–water partition coefficient (Wildman–Crippen LogP) is 8.76. The van der Waals surface area contributed by atoms with Crippen molar-refractivity contribution < 1.29 is 40.7 Å². The van der Waals surface area contributed by atoms with Crippen molar-refractivity contribution in [3.63, 3.8) is 0 Å². The van der Waals surface area contributed by atoms with Gasteiger partial charge in [-0.25, -0.2) is 13.2 Å². The van der Waals surface area contributed by atoms with E-state index in [-0.39, 0.29) is 59.7 Å². The molecule has 13 heteroatoms. The third-order valence-electron chi connectivity index (χ3n) is 9.37. The maximum Gasteiger partial charge on any atom is 0.416 e. The number of aryl methyl sites for hydroxylation is 1. The van der Waals surface area contributed by atoms with Crippen LogP contribution in [0.4, 0.5) is 26.3 Å². The number of carbonyl (C=O) groups excluding carboxylic acids is 2. The first-order chi connectivity index (χ1) is 25.6. The second-order valence-electron chi connectivity index (χ2n) is 13.8. The van der Waals surface area contributed by atoms with Crippen molar-refractivity contribution >= 4 is 11.9 Å². The van der Waals surface area contributed by atoms with Crippen molar-refractivity contribution in [3.05, 3.63) is 117 Å². The number of likely N-dealkylation sites (N-methyl/N-ethyl adjacent to an activating group) is 1. The van der Waals surface area contributed by atoms with E-state index in [0.717, 1.165) is 23.3 Å². The lowest BCUT2D eigenvalue weighted by atomic mass is 9.89. The molecule has 0 bridgehead atoms. The lowest BCUT2D eigenvalue weighted by Gasteiger charge is -2.26. The van der Waals surface area contributed by atoms with Gasteiger partial charge in [-0.05, 0) is 119 Å². The minimum atomic E-state index is -4.84. The topological polar surface area (TPSA) is 80.6 Å². The standard InChI is InChI=1S/C41H47F6N3O4/c1-6-9-10-11-13-26-18-29(42)21-33(43)38(26)28-19-30(25-14-15-25)39(44)31(20-28)34(23-37(52)54-8-3)48-40(53)35(12-7-2)50-24-27(16-17-49(4)5)32(22-36(50)51)41(45,46)47/h6-7,18-22,24-25,34-35H,1-2,8-17,23H2,3-5H3,(H,48,53)/t34-,35-/m0/s1. The first-order valence-corrected chi connectivity index (χ1v) is 18.1. The lowest BCUT2D eigenvalue weighted by Crippen LogP contribution is -2.40. The SMILES string of the molecule is C=CCCCCc1cc(F)cc(F)c1-c1cc(C2CC2)c(F)c([C@H](CC(=O)OCC)NC(=O)[C@H](CC=C)n2cc(CCN(C)C)c(C(F)(F)F)cc2=O)c1. The van der Waals surface area contributed by atoms with Crippen LogP contribution >= 0.6 is 0 Å². The van der Waals surface area contributed by atoms with Crippen molar-refractivity contribution in [2.24, 2.45) is 0 Å². The van der Waals surface area contributed by atoms with Crippen LogP contribution in [-0.4, -0.2) is 48.6 Å². The summed E-state index contributed by atoms with van der Waals surface area (Å²) in [5.41, 5.74) is -1.72. The largest absolute Gasteiger partial charge is 0.466 e. The number of aromatic nitrogens is 1. The number of halogens is 6. The molecule has 0 unspecified atom stereocenters. The average molecular weight is 760 g/mol. The van der Waals surface area contributed by atoms with Gasteiger partial charge in [-0.15, -0.1) is 13.2 Å². The Hall–Kier alpha value is -4.65. The molecule has 2 atom stereocenters. The van der Waals surface area contributed by atoms with Gasteiger partial charge in [-0.3, -0.25) is 14.4 Å². The van der Waals surface area contributed by atoms with Gasteiger partial charge in [0.1, 0.15) is 23.5 Å². The molecule has 1 aromatic heterocycles. The van der Waals surface area contributed by atoms with Crippen LogP contribution in [-0.2, 0) is 33.3 Å². The minimum absolute atomic E-state index is 0.0267. The van der Waals surface area contributed by atoms with Crippen LogP contribution in [0.1, 0.15) is 97.7 Å². The number of nitrogens with zero attached hydrogens (tertiary/aromatic N) is 2. The molecule has 1 heterocycles. The molecule has 0 spiro atoms. The molecule has 0 aliphatic heterocycles. The summed E-state index contributed by atoms with van der Waals surface area (Å²) in [5.74, 6) is -4.29. The maximum atomic E-state index is 16.6. The third-order valence-corrected chi connectivity index (χ3v) is 9.37. The molecular formula is C41H47F6N3O4. The van der Waals surface area contributed by atoms with Crippen molar-refractivity contribution in [2.75, 3.05) is 27.2 Å². The third kappa shape index (κ3) is 10.7. The molecule has 1 aliphatic carbocycles. The molecule has 1 saturated carbocycles. The fourth-order valence-corrected chi connectivity index (χ4v) is 6.55. The zero-order valence-electron chi connectivity index (χ0n) is 30.8. The summed E-state index contributed by atoms with van der Waals surface area (Å²) in [4.78, 5) is 42.0. The van der Waals surface area contributed by atoms with Gasteiger partial charge in [-0.2, -0.15) is 13.2 Å². The first kappa shape index (κ1) is 42.1. The van der Waals surface area contributed by atoms with Crippen molar-refractivity contribution in [3.8, 4) is 11.1 Å². The summed E-state index contributed by atoms with van der Waals surface area (Å²) >= 11 is 0. The van der Waals surface area contributed by atoms with Gasteiger partial charge in [0.15, 0.2) is 0 Å². The Morgan fingerprint density at radius 2 is 1.74 bits per heavy atom. The number of alkyl halides is 3. The van der Waals surface area contributed by atoms with Crippen molar-refractivity contribution in [1.82, 2.24) is 14.8 Å². The van der Waals surface area contributed by atoms with Crippen LogP contribution in [0, 0.1) is 17.5 Å². The fourth-order valence-electron chi connectivity index (χ4n) is 6.55. The van der Waals surface area contributed by atoms with Gasteiger partial charge in [0, 0.05) is 36.0 Å². The number of hydrogen-bond acceptors (Lipinski definition) is 5. The number of carbonyl (C=O) groups is 2. The highest BCUT2D eigenvalue weighted by atomic mass is 19.4. The van der Waals surface area contributed by atoms with Gasteiger partial charge in [0.2, 0.25) is 5.91 Å². The van der Waals surface area contributed by atoms with Crippen LogP contribution in [0.3, 0.4) is 0 Å². The second kappa shape index (κ2) is 18.6. The van der Waals surface area contributed by atoms with E-state index >= 15 is 8.78 Å². The van der Waals surface area contributed by atoms with E-state index in [1.807, 2.05) is 0 Å². The van der Waals surface area contributed by atoms with E-state index in [1.165, 1.54) is 24.3 Å². The van der Waals surface area contributed by atoms with Gasteiger partial charge < -0.3 is 19.5 Å². The summed E-state index contributed by atoms with van der Waals surface area (Å²) in [5, 5.41) is 2.66. The summed E-state index contributed by atoms with van der Waals surface area (Å²) < 4.78 is 94.9. The lowest BCUT2D eigenvalue weighted by molar-refractivity contribution is -0.144. The average Bonchev–Trinajstić information content (AvgIpc) is 3.94. The Morgan fingerprint density at radius 3 is 2.35 bits per heavy atom. The number of benzene rings is 2. The molecule has 54 heavy (non-hydrogen) atoms. The molecule has 1 aliphatic rings. The first-order valence-electron chi connectivity index (χ1n) is 18.1. The molecule has 0 saturated heterocycles. The Morgan fingerprint density at radius 1 is 1.02 bits per heavy atom. The second-order valence-corrected chi connectivity index (χ2v) is 13.8. The fraction of sp³-hybridized carbons (Fsp3) is 0.439. The predicted molar refractivity (Wildman–Crippen MR) is 195 cm³/mol. The zero-order chi connectivity index (χ0) is 39.7. The van der Waals surface area contributed by atoms with Gasteiger partial charge in [-0.1, -0.05) is 12.2 Å². The van der Waals surface area contributed by atoms with Crippen LogP contribution in [0.25, 0.3) is 11.1 Å². The molecule has 1 amide bonds. The highest BCUT2D eigenvalue weighted by Crippen LogP contribution is 2.45. The number of unbranched alkanes of at least 4 members (excludes halogenated alkanes) is 2. The quantitative estimate of drug-likeness (QED) is 0.0573. The van der Waals surface area contributed by atoms with Crippen LogP contribution in [0.2, 0.25) is 0 Å². The van der Waals surface area contributed by atoms with E-state index in [1.54, 1.807) is 32.0 Å². The Kier molecular flexibility index (Phi) is 14.5. The molecule has 7 nitrogen and oxygen atoms in total. The van der Waals surface area contributed by atoms with E-state index < -0.39 is 65.1 Å². The van der Waals surface area contributed by atoms with Crippen LogP contribution in [0.15, 0.2) is 66.6 Å². The van der Waals surface area contributed by atoms with Gasteiger partial charge in [0.05, 0.1) is 24.6 Å². The highest BCUT2D eigenvalue weighted by Gasteiger charge is 2.36. The van der Waals surface area contributed by atoms with Gasteiger partial charge in [0.25, 0.3) is 5.56 Å². The molecular weight excluding hydrogens is 712 g/mol. The Labute approximate surface area is 311 Å². The van der Waals surface area contributed by atoms with Crippen LogP contribution in [0.5, 0.6) is 0 Å². The smallest absolute Gasteiger partial charge is 0.416 e. The Bertz CT molecular complexity index is 1900. The van der Waals surface area contributed by atoms with E-state index in [4.69, 9.17) is 4.74 Å². The zero-order valence-corrected chi connectivity index (χ0v) is 30.8. The van der Waals surface area contributed by atoms with E-state index in [0.29, 0.717) is 43.7 Å². The number of rotatable bonds is 19. The van der Waals surface area contributed by atoms with E-state index in [2.05, 4.69) is 18.5 Å². The number of hydrogen-bond donors (Lipinski definition) is 1. The van der Waals surface area contributed by atoms with E-state index in [9.17, 15) is 31.9 Å². The van der Waals surface area contributed by atoms with Gasteiger partial charge >= 0.3 is 12.1 Å². The minimum Gasteiger partial charge on any atom is -0.466 e. The normalized spacial score (nSPS) is 14.1. The molecule has 1 fully saturated rings. The number of amides is 1. The van der Waals surface area contributed by atoms with Crippen molar-refractivity contribution in [2.45, 2.75) is 88.9 Å². The number of nitrogens with one attached hydrogen (secondary N) is 1. The number of esters is 1. The number of allylic oxidation sites excluding steroid dienone is 2. The highest BCUT2D eigenvalue weighted by molar-refractivity contribution is 5.82. The summed E-state index contributed by atoms with van der Waals surface area (Å²) in [6.45, 7) is 9.11. The summed E-state index contributed by atoms with van der Waals surface area (Å²) in [6, 6.07) is 2.40. The molecule has 1 N–H and O–H groups in total. The monoisotopic (exact) mass is 759 g/mol. The summed E-state index contributed by atoms with van der Waals surface area (Å²) in [7, 11) is 3.36. The summed E-state index contributed by atoms with van der Waals surface area (Å²) in [6.07, 6.45) is 1.99. The molecule has 3 aromatic rings. The molecule has 4 rings (SSSR count). The maximum absolute atomic E-state index is 16.6. The number of ether oxygens (including phenoxy) is 1. The van der Waals surface area contributed by atoms with Crippen molar-refractivity contribution in [1.29, 1.82) is 0 Å². The molecule has 2 aromatic carbocycles. The Balaban J connectivity index is 1.85. The molecule has 292 valence electrons. The molecule has 0 radical (unpaired) electrons. The van der Waals surface area contributed by atoms with Crippen LogP contribution < -0.4 is 10.9 Å². The number of pyridine rings is 1.